The lowest BCUT2D eigenvalue weighted by atomic mass is 9.93. The average molecular weight is 278 g/mol. The highest BCUT2D eigenvalue weighted by molar-refractivity contribution is 6.10. The normalized spacial score (nSPS) is 25.6. The van der Waals surface area contributed by atoms with Crippen LogP contribution in [-0.2, 0) is 11.2 Å². The summed E-state index contributed by atoms with van der Waals surface area (Å²) in [7, 11) is 0. The number of rotatable bonds is 2. The Morgan fingerprint density at radius 1 is 1.40 bits per heavy atom. The lowest BCUT2D eigenvalue weighted by molar-refractivity contribution is 0.0875. The lowest BCUT2D eigenvalue weighted by Crippen LogP contribution is -2.43. The van der Waals surface area contributed by atoms with Crippen LogP contribution in [0.5, 0.6) is 0 Å². The number of hydrogen-bond donors (Lipinski definition) is 3. The summed E-state index contributed by atoms with van der Waals surface area (Å²) in [4.78, 5) is 27.6. The molecule has 0 radical (unpaired) electrons. The number of ether oxygens (including phenoxy) is 1. The van der Waals surface area contributed by atoms with Gasteiger partial charge in [-0.3, -0.25) is 9.59 Å². The van der Waals surface area contributed by atoms with E-state index in [2.05, 4.69) is 10.3 Å². The topological polar surface area (TPSA) is 91.4 Å². The van der Waals surface area contributed by atoms with Crippen LogP contribution in [-0.4, -0.2) is 47.1 Å². The van der Waals surface area contributed by atoms with Gasteiger partial charge in [-0.15, -0.1) is 0 Å². The lowest BCUT2D eigenvalue weighted by Gasteiger charge is -2.16. The number of fused-ring (bicyclic) bond motifs is 1. The second kappa shape index (κ2) is 5.03. The van der Waals surface area contributed by atoms with Crippen LogP contribution in [0.1, 0.15) is 44.9 Å². The number of hydrogen-bond acceptors (Lipinski definition) is 4. The predicted octanol–water partition coefficient (Wildman–Crippen LogP) is 0.332. The summed E-state index contributed by atoms with van der Waals surface area (Å²) in [6.45, 7) is 2.32. The SMILES string of the molecule is Cc1[nH]c2c(c1C(=O)N[C@@H]1COC[C@H]1O)C(=O)CCC2. The first kappa shape index (κ1) is 13.3. The highest BCUT2D eigenvalue weighted by atomic mass is 16.5. The van der Waals surface area contributed by atoms with Crippen LogP contribution in [0.25, 0.3) is 0 Å². The van der Waals surface area contributed by atoms with Gasteiger partial charge in [0.2, 0.25) is 0 Å². The first-order valence-corrected chi connectivity index (χ1v) is 6.89. The number of aliphatic hydroxyl groups excluding tert-OH is 1. The fraction of sp³-hybridized carbons (Fsp3) is 0.571. The van der Waals surface area contributed by atoms with Crippen molar-refractivity contribution in [2.45, 2.75) is 38.3 Å². The Kier molecular flexibility index (Phi) is 3.35. The molecule has 108 valence electrons. The van der Waals surface area contributed by atoms with Crippen LogP contribution in [0, 0.1) is 6.92 Å². The van der Waals surface area contributed by atoms with Crippen molar-refractivity contribution in [2.75, 3.05) is 13.2 Å². The van der Waals surface area contributed by atoms with Gasteiger partial charge < -0.3 is 20.1 Å². The molecule has 1 aliphatic carbocycles. The number of aliphatic hydroxyl groups is 1. The summed E-state index contributed by atoms with van der Waals surface area (Å²) in [5.74, 6) is -0.297. The van der Waals surface area contributed by atoms with Crippen LogP contribution >= 0.6 is 0 Å². The van der Waals surface area contributed by atoms with Gasteiger partial charge in [0.1, 0.15) is 0 Å². The molecule has 0 aromatic carbocycles. The number of amides is 1. The van der Waals surface area contributed by atoms with Gasteiger partial charge >= 0.3 is 0 Å². The maximum absolute atomic E-state index is 12.4. The van der Waals surface area contributed by atoms with Gasteiger partial charge in [0.05, 0.1) is 36.5 Å². The number of aromatic amines is 1. The maximum atomic E-state index is 12.4. The second-order valence-corrected chi connectivity index (χ2v) is 5.44. The Morgan fingerprint density at radius 2 is 2.20 bits per heavy atom. The summed E-state index contributed by atoms with van der Waals surface area (Å²) < 4.78 is 5.11. The summed E-state index contributed by atoms with van der Waals surface area (Å²) in [5, 5.41) is 12.4. The van der Waals surface area contributed by atoms with Crippen molar-refractivity contribution in [1.29, 1.82) is 0 Å². The quantitative estimate of drug-likeness (QED) is 0.727. The molecule has 1 saturated heterocycles. The first-order valence-electron chi connectivity index (χ1n) is 6.89. The standard InChI is InChI=1S/C14H18N2O4/c1-7-12(13-8(15-7)3-2-4-10(13)17)14(19)16-9-5-20-6-11(9)18/h9,11,15,18H,2-6H2,1H3,(H,16,19)/t9-,11-/m1/s1. The molecule has 0 unspecified atom stereocenters. The Balaban J connectivity index is 1.88. The van der Waals surface area contributed by atoms with Gasteiger partial charge in [-0.05, 0) is 19.8 Å². The van der Waals surface area contributed by atoms with E-state index in [1.54, 1.807) is 6.92 Å². The molecule has 3 rings (SSSR count). The maximum Gasteiger partial charge on any atom is 0.254 e. The van der Waals surface area contributed by atoms with Gasteiger partial charge in [-0.25, -0.2) is 0 Å². The third-order valence-corrected chi connectivity index (χ3v) is 3.97. The smallest absolute Gasteiger partial charge is 0.254 e. The summed E-state index contributed by atoms with van der Waals surface area (Å²) >= 11 is 0. The molecule has 6 nitrogen and oxygen atoms in total. The molecular weight excluding hydrogens is 260 g/mol. The molecule has 0 saturated carbocycles. The third kappa shape index (κ3) is 2.14. The first-order chi connectivity index (χ1) is 9.58. The van der Waals surface area contributed by atoms with Crippen LogP contribution in [0.3, 0.4) is 0 Å². The number of carbonyl (C=O) groups is 2. The summed E-state index contributed by atoms with van der Waals surface area (Å²) in [6, 6.07) is -0.411. The highest BCUT2D eigenvalue weighted by Crippen LogP contribution is 2.27. The van der Waals surface area contributed by atoms with Gasteiger partial charge in [-0.1, -0.05) is 0 Å². The molecule has 2 aliphatic rings. The molecular formula is C14H18N2O4. The number of carbonyl (C=O) groups excluding carboxylic acids is 2. The van der Waals surface area contributed by atoms with E-state index in [-0.39, 0.29) is 18.3 Å². The van der Waals surface area contributed by atoms with Crippen molar-refractivity contribution in [1.82, 2.24) is 10.3 Å². The predicted molar refractivity (Wildman–Crippen MR) is 70.9 cm³/mol. The monoisotopic (exact) mass is 278 g/mol. The van der Waals surface area contributed by atoms with Crippen molar-refractivity contribution in [3.63, 3.8) is 0 Å². The molecule has 1 aromatic heterocycles. The Labute approximate surface area is 116 Å². The number of Topliss-reactive ketones (excluding diaryl/α,β-unsaturated/α-hetero) is 1. The molecule has 2 heterocycles. The highest BCUT2D eigenvalue weighted by Gasteiger charge is 2.32. The molecule has 3 N–H and O–H groups in total. The fourth-order valence-electron chi connectivity index (χ4n) is 2.94. The van der Waals surface area contributed by atoms with E-state index < -0.39 is 12.1 Å². The van der Waals surface area contributed by atoms with Gasteiger partial charge in [0.15, 0.2) is 5.78 Å². The summed E-state index contributed by atoms with van der Waals surface area (Å²) in [5.41, 5.74) is 2.51. The van der Waals surface area contributed by atoms with Crippen molar-refractivity contribution >= 4 is 11.7 Å². The van der Waals surface area contributed by atoms with E-state index in [0.29, 0.717) is 29.8 Å². The van der Waals surface area contributed by atoms with Gasteiger partial charge in [0.25, 0.3) is 5.91 Å². The number of aryl methyl sites for hydroxylation is 2. The molecule has 1 aliphatic heterocycles. The van der Waals surface area contributed by atoms with E-state index in [1.165, 1.54) is 0 Å². The molecule has 1 aromatic rings. The minimum atomic E-state index is -0.690. The van der Waals surface area contributed by atoms with Crippen molar-refractivity contribution in [3.05, 3.63) is 22.5 Å². The zero-order chi connectivity index (χ0) is 14.3. The van der Waals surface area contributed by atoms with Crippen LogP contribution in [0.4, 0.5) is 0 Å². The molecule has 0 bridgehead atoms. The number of aromatic nitrogens is 1. The minimum Gasteiger partial charge on any atom is -0.388 e. The molecule has 1 fully saturated rings. The zero-order valence-electron chi connectivity index (χ0n) is 11.4. The van der Waals surface area contributed by atoms with E-state index in [9.17, 15) is 14.7 Å². The average Bonchev–Trinajstić information content (AvgIpc) is 2.94. The molecule has 1 amide bonds. The van der Waals surface area contributed by atoms with E-state index in [1.807, 2.05) is 0 Å². The number of nitrogens with one attached hydrogen (secondary N) is 2. The van der Waals surface area contributed by atoms with E-state index in [0.717, 1.165) is 18.5 Å². The zero-order valence-corrected chi connectivity index (χ0v) is 11.4. The largest absolute Gasteiger partial charge is 0.388 e. The molecule has 0 spiro atoms. The Morgan fingerprint density at radius 3 is 2.90 bits per heavy atom. The third-order valence-electron chi connectivity index (χ3n) is 3.97. The minimum absolute atomic E-state index is 0.0176. The molecule has 2 atom stereocenters. The fourth-order valence-corrected chi connectivity index (χ4v) is 2.94. The van der Waals surface area contributed by atoms with Crippen molar-refractivity contribution in [3.8, 4) is 0 Å². The van der Waals surface area contributed by atoms with Gasteiger partial charge in [-0.2, -0.15) is 0 Å². The Bertz CT molecular complexity index is 564. The Hall–Kier alpha value is -1.66. The molecule has 6 heteroatoms. The van der Waals surface area contributed by atoms with Crippen molar-refractivity contribution < 1.29 is 19.4 Å². The summed E-state index contributed by atoms with van der Waals surface area (Å²) in [6.07, 6.45) is 1.41. The van der Waals surface area contributed by atoms with Crippen LogP contribution in [0.15, 0.2) is 0 Å². The second-order valence-electron chi connectivity index (χ2n) is 5.44. The van der Waals surface area contributed by atoms with Gasteiger partial charge in [0, 0.05) is 17.8 Å². The van der Waals surface area contributed by atoms with Crippen LogP contribution < -0.4 is 5.32 Å². The van der Waals surface area contributed by atoms with E-state index >= 15 is 0 Å². The van der Waals surface area contributed by atoms with E-state index in [4.69, 9.17) is 4.74 Å². The molecule has 20 heavy (non-hydrogen) atoms. The van der Waals surface area contributed by atoms with Crippen LogP contribution in [0.2, 0.25) is 0 Å². The van der Waals surface area contributed by atoms with Crippen molar-refractivity contribution in [2.24, 2.45) is 0 Å². The number of H-pyrrole nitrogens is 1. The number of ketones is 1.